The fraction of sp³-hybridized carbons (Fsp3) is 0.455. The van der Waals surface area contributed by atoms with Gasteiger partial charge in [-0.2, -0.15) is 0 Å². The number of carbonyl (C=O) groups is 1. The number of aryl methyl sites for hydroxylation is 1. The monoisotopic (exact) mass is 193 g/mol. The minimum atomic E-state index is -0.342. The van der Waals surface area contributed by atoms with E-state index in [9.17, 15) is 4.79 Å². The molecule has 0 aliphatic rings. The minimum Gasteiger partial charge on any atom is -0.461 e. The van der Waals surface area contributed by atoms with Crippen LogP contribution in [0.2, 0.25) is 0 Å². The van der Waals surface area contributed by atoms with Crippen LogP contribution < -0.4 is 0 Å². The molecule has 0 amide bonds. The number of hydrogen-bond donors (Lipinski definition) is 0. The number of hydrogen-bond acceptors (Lipinski definition) is 3. The SMILES string of the molecule is CCCc1ccnc(C(=O)OCC)c1. The van der Waals surface area contributed by atoms with Crippen LogP contribution >= 0.6 is 0 Å². The van der Waals surface area contributed by atoms with E-state index in [1.807, 2.05) is 6.07 Å². The lowest BCUT2D eigenvalue weighted by molar-refractivity contribution is 0.0519. The molecule has 0 radical (unpaired) electrons. The molecule has 1 heterocycles. The second kappa shape index (κ2) is 5.37. The third-order valence-electron chi connectivity index (χ3n) is 1.85. The van der Waals surface area contributed by atoms with Crippen molar-refractivity contribution in [3.8, 4) is 0 Å². The Morgan fingerprint density at radius 2 is 2.29 bits per heavy atom. The van der Waals surface area contributed by atoms with Crippen LogP contribution in [0.1, 0.15) is 36.3 Å². The standard InChI is InChI=1S/C11H15NO2/c1-3-5-9-6-7-12-10(8-9)11(13)14-4-2/h6-8H,3-5H2,1-2H3. The third kappa shape index (κ3) is 2.83. The van der Waals surface area contributed by atoms with E-state index >= 15 is 0 Å². The van der Waals surface area contributed by atoms with Crippen LogP contribution in [0, 0.1) is 0 Å². The molecular weight excluding hydrogens is 178 g/mol. The van der Waals surface area contributed by atoms with Gasteiger partial charge in [-0.25, -0.2) is 9.78 Å². The molecule has 0 unspecified atom stereocenters. The summed E-state index contributed by atoms with van der Waals surface area (Å²) in [6.45, 7) is 4.27. The van der Waals surface area contributed by atoms with Crippen molar-refractivity contribution >= 4 is 5.97 Å². The summed E-state index contributed by atoms with van der Waals surface area (Å²) in [6.07, 6.45) is 3.68. The van der Waals surface area contributed by atoms with Gasteiger partial charge >= 0.3 is 5.97 Å². The van der Waals surface area contributed by atoms with E-state index in [1.54, 1.807) is 19.2 Å². The Hall–Kier alpha value is -1.38. The quantitative estimate of drug-likeness (QED) is 0.688. The molecule has 0 saturated carbocycles. The lowest BCUT2D eigenvalue weighted by Crippen LogP contribution is -2.07. The molecule has 0 aromatic carbocycles. The summed E-state index contributed by atoms with van der Waals surface area (Å²) >= 11 is 0. The van der Waals surface area contributed by atoms with E-state index in [-0.39, 0.29) is 5.97 Å². The topological polar surface area (TPSA) is 39.2 Å². The van der Waals surface area contributed by atoms with E-state index in [0.717, 1.165) is 18.4 Å². The Labute approximate surface area is 84.1 Å². The fourth-order valence-corrected chi connectivity index (χ4v) is 1.24. The lowest BCUT2D eigenvalue weighted by atomic mass is 10.1. The first-order valence-corrected chi connectivity index (χ1v) is 4.90. The maximum atomic E-state index is 11.3. The van der Waals surface area contributed by atoms with Crippen LogP contribution in [0.25, 0.3) is 0 Å². The van der Waals surface area contributed by atoms with Gasteiger partial charge in [-0.05, 0) is 31.0 Å². The van der Waals surface area contributed by atoms with Gasteiger partial charge in [-0.15, -0.1) is 0 Å². The van der Waals surface area contributed by atoms with Gasteiger partial charge in [0.25, 0.3) is 0 Å². The van der Waals surface area contributed by atoms with Crippen molar-refractivity contribution in [2.75, 3.05) is 6.61 Å². The molecule has 0 aliphatic carbocycles. The van der Waals surface area contributed by atoms with Gasteiger partial charge in [0.2, 0.25) is 0 Å². The predicted molar refractivity (Wildman–Crippen MR) is 54.2 cm³/mol. The maximum absolute atomic E-state index is 11.3. The van der Waals surface area contributed by atoms with Crippen LogP contribution in [0.15, 0.2) is 18.3 Å². The van der Waals surface area contributed by atoms with Gasteiger partial charge < -0.3 is 4.74 Å². The maximum Gasteiger partial charge on any atom is 0.356 e. The molecule has 0 N–H and O–H groups in total. The summed E-state index contributed by atoms with van der Waals surface area (Å²) in [5, 5.41) is 0. The van der Waals surface area contributed by atoms with Crippen molar-refractivity contribution in [3.63, 3.8) is 0 Å². The summed E-state index contributed by atoms with van der Waals surface area (Å²) in [5.74, 6) is -0.342. The zero-order valence-corrected chi connectivity index (χ0v) is 8.62. The van der Waals surface area contributed by atoms with Crippen LogP contribution in [0.5, 0.6) is 0 Å². The molecule has 0 bridgehead atoms. The molecule has 0 spiro atoms. The molecular formula is C11H15NO2. The van der Waals surface area contributed by atoms with Crippen LogP contribution in [0.3, 0.4) is 0 Å². The summed E-state index contributed by atoms with van der Waals surface area (Å²) in [7, 11) is 0. The third-order valence-corrected chi connectivity index (χ3v) is 1.85. The van der Waals surface area contributed by atoms with E-state index in [0.29, 0.717) is 12.3 Å². The van der Waals surface area contributed by atoms with E-state index < -0.39 is 0 Å². The van der Waals surface area contributed by atoms with Crippen LogP contribution in [0.4, 0.5) is 0 Å². The summed E-state index contributed by atoms with van der Waals surface area (Å²) in [6, 6.07) is 3.72. The molecule has 1 aromatic heterocycles. The van der Waals surface area contributed by atoms with Gasteiger partial charge in [0.1, 0.15) is 5.69 Å². The first-order chi connectivity index (χ1) is 6.77. The second-order valence-corrected chi connectivity index (χ2v) is 3.02. The Kier molecular flexibility index (Phi) is 4.11. The molecule has 14 heavy (non-hydrogen) atoms. The Bertz CT molecular complexity index is 310. The number of rotatable bonds is 4. The summed E-state index contributed by atoms with van der Waals surface area (Å²) in [5.41, 5.74) is 1.53. The molecule has 0 aliphatic heterocycles. The number of pyridine rings is 1. The average molecular weight is 193 g/mol. The van der Waals surface area contributed by atoms with Crippen molar-refractivity contribution in [1.29, 1.82) is 0 Å². The number of nitrogens with zero attached hydrogens (tertiary/aromatic N) is 1. The van der Waals surface area contributed by atoms with Crippen molar-refractivity contribution in [2.45, 2.75) is 26.7 Å². The molecule has 1 aromatic rings. The lowest BCUT2D eigenvalue weighted by Gasteiger charge is -2.02. The zero-order valence-electron chi connectivity index (χ0n) is 8.62. The summed E-state index contributed by atoms with van der Waals surface area (Å²) in [4.78, 5) is 15.3. The zero-order chi connectivity index (χ0) is 10.4. The number of carbonyl (C=O) groups excluding carboxylic acids is 1. The average Bonchev–Trinajstić information content (AvgIpc) is 2.19. The van der Waals surface area contributed by atoms with E-state index in [4.69, 9.17) is 4.74 Å². The first kappa shape index (κ1) is 10.7. The van der Waals surface area contributed by atoms with Gasteiger partial charge in [0.05, 0.1) is 6.61 Å². The molecule has 76 valence electrons. The molecule has 1 rings (SSSR count). The highest BCUT2D eigenvalue weighted by Gasteiger charge is 2.07. The normalized spacial score (nSPS) is 9.86. The van der Waals surface area contributed by atoms with Crippen molar-refractivity contribution in [2.24, 2.45) is 0 Å². The van der Waals surface area contributed by atoms with Gasteiger partial charge in [0, 0.05) is 6.20 Å². The molecule has 3 nitrogen and oxygen atoms in total. The van der Waals surface area contributed by atoms with E-state index in [2.05, 4.69) is 11.9 Å². The molecule has 3 heteroatoms. The van der Waals surface area contributed by atoms with Crippen molar-refractivity contribution in [3.05, 3.63) is 29.6 Å². The largest absolute Gasteiger partial charge is 0.461 e. The Morgan fingerprint density at radius 3 is 2.93 bits per heavy atom. The van der Waals surface area contributed by atoms with Gasteiger partial charge in [-0.1, -0.05) is 13.3 Å². The van der Waals surface area contributed by atoms with Gasteiger partial charge in [0.15, 0.2) is 0 Å². The summed E-state index contributed by atoms with van der Waals surface area (Å²) < 4.78 is 4.86. The minimum absolute atomic E-state index is 0.342. The van der Waals surface area contributed by atoms with Crippen molar-refractivity contribution < 1.29 is 9.53 Å². The highest BCUT2D eigenvalue weighted by atomic mass is 16.5. The number of esters is 1. The van der Waals surface area contributed by atoms with Crippen LogP contribution in [-0.4, -0.2) is 17.6 Å². The number of ether oxygens (including phenoxy) is 1. The van der Waals surface area contributed by atoms with Gasteiger partial charge in [-0.3, -0.25) is 0 Å². The highest BCUT2D eigenvalue weighted by molar-refractivity contribution is 5.87. The molecule has 0 atom stereocenters. The molecule has 0 saturated heterocycles. The number of aromatic nitrogens is 1. The predicted octanol–water partition coefficient (Wildman–Crippen LogP) is 2.21. The fourth-order valence-electron chi connectivity index (χ4n) is 1.24. The molecule has 0 fully saturated rings. The highest BCUT2D eigenvalue weighted by Crippen LogP contribution is 2.05. The Balaban J connectivity index is 2.77. The van der Waals surface area contributed by atoms with Crippen LogP contribution in [-0.2, 0) is 11.2 Å². The van der Waals surface area contributed by atoms with Crippen molar-refractivity contribution in [1.82, 2.24) is 4.98 Å². The first-order valence-electron chi connectivity index (χ1n) is 4.90. The van der Waals surface area contributed by atoms with E-state index in [1.165, 1.54) is 0 Å². The Morgan fingerprint density at radius 1 is 1.50 bits per heavy atom. The second-order valence-electron chi connectivity index (χ2n) is 3.02. The smallest absolute Gasteiger partial charge is 0.356 e.